The summed E-state index contributed by atoms with van der Waals surface area (Å²) in [5.41, 5.74) is 10.2. The number of hydrogen-bond donors (Lipinski definition) is 1. The molecular weight excluding hydrogens is 236 g/mol. The Morgan fingerprint density at radius 3 is 2.37 bits per heavy atom. The quantitative estimate of drug-likeness (QED) is 0.847. The van der Waals surface area contributed by atoms with E-state index in [1.165, 1.54) is 0 Å². The van der Waals surface area contributed by atoms with Crippen molar-refractivity contribution in [3.05, 3.63) is 48.0 Å². The fraction of sp³-hybridized carbons (Fsp3) is 0.250. The summed E-state index contributed by atoms with van der Waals surface area (Å²) in [4.78, 5) is 2.10. The van der Waals surface area contributed by atoms with Crippen molar-refractivity contribution < 1.29 is 4.74 Å². The van der Waals surface area contributed by atoms with Crippen LogP contribution in [0.1, 0.15) is 12.5 Å². The standard InChI is InChI=1S/C16H20N2O/c1-4-19-14-10-8-13(9-11-14)18(3)16-12(2)6-5-7-15(16)17/h5-11H,4,17H2,1-3H3. The highest BCUT2D eigenvalue weighted by atomic mass is 16.5. The van der Waals surface area contributed by atoms with Crippen LogP contribution in [0.4, 0.5) is 17.1 Å². The molecule has 0 spiro atoms. The summed E-state index contributed by atoms with van der Waals surface area (Å²) in [6, 6.07) is 14.0. The minimum atomic E-state index is 0.680. The molecular formula is C16H20N2O. The highest BCUT2D eigenvalue weighted by Gasteiger charge is 2.10. The van der Waals surface area contributed by atoms with Gasteiger partial charge in [-0.25, -0.2) is 0 Å². The maximum absolute atomic E-state index is 6.07. The van der Waals surface area contributed by atoms with Gasteiger partial charge in [-0.1, -0.05) is 12.1 Å². The first-order valence-corrected chi connectivity index (χ1v) is 6.45. The SMILES string of the molecule is CCOc1ccc(N(C)c2c(C)cccc2N)cc1. The molecule has 0 heterocycles. The van der Waals surface area contributed by atoms with E-state index in [9.17, 15) is 0 Å². The Morgan fingerprint density at radius 1 is 1.11 bits per heavy atom. The molecule has 0 aliphatic carbocycles. The van der Waals surface area contributed by atoms with E-state index in [2.05, 4.69) is 17.9 Å². The second-order valence-corrected chi connectivity index (χ2v) is 4.50. The second kappa shape index (κ2) is 5.65. The molecule has 0 atom stereocenters. The van der Waals surface area contributed by atoms with Crippen molar-refractivity contribution in [2.75, 3.05) is 24.3 Å². The van der Waals surface area contributed by atoms with Crippen LogP contribution < -0.4 is 15.4 Å². The number of ether oxygens (including phenoxy) is 1. The highest BCUT2D eigenvalue weighted by Crippen LogP contribution is 2.32. The molecule has 2 N–H and O–H groups in total. The lowest BCUT2D eigenvalue weighted by Crippen LogP contribution is -2.13. The first-order chi connectivity index (χ1) is 9.13. The molecule has 0 saturated carbocycles. The van der Waals surface area contributed by atoms with Gasteiger partial charge in [-0.3, -0.25) is 0 Å². The number of rotatable bonds is 4. The number of nitrogens with two attached hydrogens (primary N) is 1. The Labute approximate surface area is 114 Å². The lowest BCUT2D eigenvalue weighted by molar-refractivity contribution is 0.340. The summed E-state index contributed by atoms with van der Waals surface area (Å²) in [6.07, 6.45) is 0. The molecule has 0 aliphatic rings. The molecule has 2 aromatic rings. The number of benzene rings is 2. The van der Waals surface area contributed by atoms with Crippen molar-refractivity contribution in [2.45, 2.75) is 13.8 Å². The van der Waals surface area contributed by atoms with Crippen LogP contribution in [0.2, 0.25) is 0 Å². The van der Waals surface area contributed by atoms with Gasteiger partial charge in [-0.2, -0.15) is 0 Å². The number of aryl methyl sites for hydroxylation is 1. The highest BCUT2D eigenvalue weighted by molar-refractivity contribution is 5.77. The van der Waals surface area contributed by atoms with Crippen LogP contribution in [0.25, 0.3) is 0 Å². The maximum Gasteiger partial charge on any atom is 0.119 e. The molecule has 0 saturated heterocycles. The minimum Gasteiger partial charge on any atom is -0.494 e. The Hall–Kier alpha value is -2.16. The normalized spacial score (nSPS) is 10.3. The maximum atomic E-state index is 6.07. The van der Waals surface area contributed by atoms with Crippen molar-refractivity contribution >= 4 is 17.1 Å². The molecule has 3 heteroatoms. The zero-order valence-electron chi connectivity index (χ0n) is 11.7. The van der Waals surface area contributed by atoms with E-state index in [4.69, 9.17) is 10.5 Å². The van der Waals surface area contributed by atoms with E-state index in [-0.39, 0.29) is 0 Å². The molecule has 0 radical (unpaired) electrons. The van der Waals surface area contributed by atoms with Crippen LogP contribution in [-0.2, 0) is 0 Å². The number of nitrogens with zero attached hydrogens (tertiary/aromatic N) is 1. The average molecular weight is 256 g/mol. The molecule has 0 unspecified atom stereocenters. The molecule has 0 aromatic heterocycles. The van der Waals surface area contributed by atoms with Gasteiger partial charge in [0.1, 0.15) is 5.75 Å². The van der Waals surface area contributed by atoms with Gasteiger partial charge in [-0.05, 0) is 49.7 Å². The monoisotopic (exact) mass is 256 g/mol. The van der Waals surface area contributed by atoms with E-state index in [0.29, 0.717) is 6.61 Å². The third kappa shape index (κ3) is 2.81. The number of nitrogen functional groups attached to an aromatic ring is 1. The van der Waals surface area contributed by atoms with Crippen molar-refractivity contribution in [3.63, 3.8) is 0 Å². The van der Waals surface area contributed by atoms with E-state index in [0.717, 1.165) is 28.4 Å². The summed E-state index contributed by atoms with van der Waals surface area (Å²) in [5, 5.41) is 0. The topological polar surface area (TPSA) is 38.5 Å². The first-order valence-electron chi connectivity index (χ1n) is 6.45. The van der Waals surface area contributed by atoms with Gasteiger partial charge < -0.3 is 15.4 Å². The molecule has 0 amide bonds. The molecule has 2 aromatic carbocycles. The van der Waals surface area contributed by atoms with Crippen molar-refractivity contribution in [1.29, 1.82) is 0 Å². The Morgan fingerprint density at radius 2 is 1.79 bits per heavy atom. The van der Waals surface area contributed by atoms with Crippen LogP contribution in [0.5, 0.6) is 5.75 Å². The third-order valence-corrected chi connectivity index (χ3v) is 3.14. The van der Waals surface area contributed by atoms with Gasteiger partial charge in [0.15, 0.2) is 0 Å². The minimum absolute atomic E-state index is 0.680. The molecule has 100 valence electrons. The second-order valence-electron chi connectivity index (χ2n) is 4.50. The summed E-state index contributed by atoms with van der Waals surface area (Å²) < 4.78 is 5.45. The van der Waals surface area contributed by atoms with Gasteiger partial charge in [-0.15, -0.1) is 0 Å². The summed E-state index contributed by atoms with van der Waals surface area (Å²) in [7, 11) is 2.02. The smallest absolute Gasteiger partial charge is 0.119 e. The fourth-order valence-corrected chi connectivity index (χ4v) is 2.20. The summed E-state index contributed by atoms with van der Waals surface area (Å²) in [6.45, 7) is 4.73. The Bertz CT molecular complexity index is 529. The van der Waals surface area contributed by atoms with Gasteiger partial charge in [0.05, 0.1) is 18.0 Å². The van der Waals surface area contributed by atoms with E-state index in [1.807, 2.05) is 50.4 Å². The number of anilines is 3. The molecule has 0 fully saturated rings. The predicted molar refractivity (Wildman–Crippen MR) is 81.3 cm³/mol. The van der Waals surface area contributed by atoms with Gasteiger partial charge in [0.25, 0.3) is 0 Å². The van der Waals surface area contributed by atoms with Crippen molar-refractivity contribution in [1.82, 2.24) is 0 Å². The van der Waals surface area contributed by atoms with Crippen LogP contribution in [0.15, 0.2) is 42.5 Å². The van der Waals surface area contributed by atoms with Gasteiger partial charge in [0, 0.05) is 12.7 Å². The molecule has 19 heavy (non-hydrogen) atoms. The fourth-order valence-electron chi connectivity index (χ4n) is 2.20. The Kier molecular flexibility index (Phi) is 3.95. The zero-order valence-corrected chi connectivity index (χ0v) is 11.7. The first kappa shape index (κ1) is 13.3. The van der Waals surface area contributed by atoms with Crippen molar-refractivity contribution in [2.24, 2.45) is 0 Å². The molecule has 0 aliphatic heterocycles. The molecule has 2 rings (SSSR count). The van der Waals surface area contributed by atoms with E-state index in [1.54, 1.807) is 0 Å². The largest absolute Gasteiger partial charge is 0.494 e. The number of hydrogen-bond acceptors (Lipinski definition) is 3. The number of para-hydroxylation sites is 1. The lowest BCUT2D eigenvalue weighted by Gasteiger charge is -2.23. The van der Waals surface area contributed by atoms with Crippen LogP contribution in [-0.4, -0.2) is 13.7 Å². The van der Waals surface area contributed by atoms with Crippen LogP contribution in [0.3, 0.4) is 0 Å². The molecule has 3 nitrogen and oxygen atoms in total. The summed E-state index contributed by atoms with van der Waals surface area (Å²) in [5.74, 6) is 0.886. The van der Waals surface area contributed by atoms with Crippen LogP contribution >= 0.6 is 0 Å². The predicted octanol–water partition coefficient (Wildman–Crippen LogP) is 3.74. The van der Waals surface area contributed by atoms with Gasteiger partial charge >= 0.3 is 0 Å². The van der Waals surface area contributed by atoms with E-state index < -0.39 is 0 Å². The zero-order chi connectivity index (χ0) is 13.8. The molecule has 0 bridgehead atoms. The van der Waals surface area contributed by atoms with E-state index >= 15 is 0 Å². The third-order valence-electron chi connectivity index (χ3n) is 3.14. The Balaban J connectivity index is 2.31. The lowest BCUT2D eigenvalue weighted by atomic mass is 10.1. The van der Waals surface area contributed by atoms with Gasteiger partial charge in [0.2, 0.25) is 0 Å². The van der Waals surface area contributed by atoms with Crippen molar-refractivity contribution in [3.8, 4) is 5.75 Å². The summed E-state index contributed by atoms with van der Waals surface area (Å²) >= 11 is 0. The average Bonchev–Trinajstić information content (AvgIpc) is 2.39. The van der Waals surface area contributed by atoms with Crippen LogP contribution in [0, 0.1) is 6.92 Å².